The van der Waals surface area contributed by atoms with Crippen LogP contribution in [0.4, 0.5) is 0 Å². The highest BCUT2D eigenvalue weighted by Crippen LogP contribution is 2.16. The van der Waals surface area contributed by atoms with E-state index >= 15 is 0 Å². The summed E-state index contributed by atoms with van der Waals surface area (Å²) in [5.41, 5.74) is 0. The molecule has 0 fully saturated rings. The van der Waals surface area contributed by atoms with Crippen LogP contribution < -0.4 is 5.32 Å². The number of carbonyl (C=O) groups is 1. The summed E-state index contributed by atoms with van der Waals surface area (Å²) in [6.07, 6.45) is 0.963. The maximum absolute atomic E-state index is 10.6. The normalized spacial score (nSPS) is 14.7. The smallest absolute Gasteiger partial charge is 0.307 e. The molecule has 1 rings (SSSR count). The van der Waals surface area contributed by atoms with Gasteiger partial charge in [0, 0.05) is 22.3 Å². The van der Waals surface area contributed by atoms with Crippen LogP contribution in [0.15, 0.2) is 12.1 Å². The van der Waals surface area contributed by atoms with Gasteiger partial charge in [0.05, 0.1) is 5.92 Å². The number of aliphatic carboxylic acids is 1. The molecule has 2 unspecified atom stereocenters. The highest BCUT2D eigenvalue weighted by molar-refractivity contribution is 7.11. The van der Waals surface area contributed by atoms with Gasteiger partial charge >= 0.3 is 5.97 Å². The molecule has 0 aliphatic carbocycles. The average Bonchev–Trinajstić information content (AvgIpc) is 2.60. The minimum Gasteiger partial charge on any atom is -0.481 e. The Kier molecular flexibility index (Phi) is 4.96. The number of carboxylic acid groups (broad SMARTS) is 1. The molecule has 0 radical (unpaired) electrons. The second-order valence-corrected chi connectivity index (χ2v) is 5.64. The van der Waals surface area contributed by atoms with Gasteiger partial charge < -0.3 is 10.4 Å². The molecule has 0 saturated heterocycles. The van der Waals surface area contributed by atoms with Crippen molar-refractivity contribution in [1.29, 1.82) is 0 Å². The zero-order chi connectivity index (χ0) is 12.1. The van der Waals surface area contributed by atoms with Crippen LogP contribution in [-0.4, -0.2) is 23.7 Å². The minimum atomic E-state index is -0.744. The molecule has 0 bridgehead atoms. The Hall–Kier alpha value is -0.870. The number of hydrogen-bond donors (Lipinski definition) is 2. The van der Waals surface area contributed by atoms with Crippen molar-refractivity contribution in [2.24, 2.45) is 5.92 Å². The fourth-order valence-electron chi connectivity index (χ4n) is 1.43. The third-order valence-corrected chi connectivity index (χ3v) is 3.52. The monoisotopic (exact) mass is 241 g/mol. The molecule has 4 heteroatoms. The topological polar surface area (TPSA) is 49.3 Å². The van der Waals surface area contributed by atoms with Crippen LogP contribution in [0.3, 0.4) is 0 Å². The summed E-state index contributed by atoms with van der Waals surface area (Å²) in [7, 11) is 0. The lowest BCUT2D eigenvalue weighted by atomic mass is 10.1. The molecule has 90 valence electrons. The van der Waals surface area contributed by atoms with E-state index in [0.717, 1.165) is 6.42 Å². The van der Waals surface area contributed by atoms with Crippen LogP contribution in [0.1, 0.15) is 23.6 Å². The summed E-state index contributed by atoms with van der Waals surface area (Å²) in [6, 6.07) is 4.57. The molecule has 0 aliphatic rings. The van der Waals surface area contributed by atoms with Gasteiger partial charge in [-0.2, -0.15) is 0 Å². The van der Waals surface area contributed by atoms with Gasteiger partial charge in [0.25, 0.3) is 0 Å². The summed E-state index contributed by atoms with van der Waals surface area (Å²) >= 11 is 1.80. The Balaban J connectivity index is 2.31. The highest BCUT2D eigenvalue weighted by atomic mass is 32.1. The molecule has 0 spiro atoms. The first kappa shape index (κ1) is 13.2. The van der Waals surface area contributed by atoms with E-state index in [1.54, 1.807) is 18.3 Å². The van der Waals surface area contributed by atoms with Crippen molar-refractivity contribution in [3.05, 3.63) is 21.9 Å². The lowest BCUT2D eigenvalue weighted by Crippen LogP contribution is -2.34. The highest BCUT2D eigenvalue weighted by Gasteiger charge is 2.12. The summed E-state index contributed by atoms with van der Waals surface area (Å²) in [4.78, 5) is 13.3. The van der Waals surface area contributed by atoms with Crippen molar-refractivity contribution in [3.63, 3.8) is 0 Å². The van der Waals surface area contributed by atoms with Crippen molar-refractivity contribution < 1.29 is 9.90 Å². The fourth-order valence-corrected chi connectivity index (χ4v) is 2.45. The zero-order valence-corrected chi connectivity index (χ0v) is 10.8. The number of rotatable bonds is 6. The lowest BCUT2D eigenvalue weighted by molar-refractivity contribution is -0.140. The first-order chi connectivity index (χ1) is 7.49. The van der Waals surface area contributed by atoms with Crippen molar-refractivity contribution in [2.75, 3.05) is 6.54 Å². The number of thiophene rings is 1. The Morgan fingerprint density at radius 2 is 2.19 bits per heavy atom. The van der Waals surface area contributed by atoms with Crippen LogP contribution in [0.5, 0.6) is 0 Å². The van der Waals surface area contributed by atoms with Gasteiger partial charge in [-0.1, -0.05) is 6.92 Å². The van der Waals surface area contributed by atoms with Gasteiger partial charge in [-0.05, 0) is 32.4 Å². The van der Waals surface area contributed by atoms with E-state index in [1.165, 1.54) is 9.75 Å². The molecule has 0 amide bonds. The molecule has 16 heavy (non-hydrogen) atoms. The third kappa shape index (κ3) is 4.33. The van der Waals surface area contributed by atoms with Crippen molar-refractivity contribution >= 4 is 17.3 Å². The van der Waals surface area contributed by atoms with Crippen molar-refractivity contribution in [1.82, 2.24) is 5.32 Å². The maximum Gasteiger partial charge on any atom is 0.307 e. The van der Waals surface area contributed by atoms with Crippen LogP contribution in [-0.2, 0) is 11.2 Å². The average molecular weight is 241 g/mol. The number of aryl methyl sites for hydroxylation is 1. The molecule has 0 saturated carbocycles. The molecule has 2 N–H and O–H groups in total. The fraction of sp³-hybridized carbons (Fsp3) is 0.583. The molecule has 2 atom stereocenters. The minimum absolute atomic E-state index is 0.319. The van der Waals surface area contributed by atoms with E-state index in [9.17, 15) is 4.79 Å². The van der Waals surface area contributed by atoms with Gasteiger partial charge in [0.1, 0.15) is 0 Å². The van der Waals surface area contributed by atoms with Gasteiger partial charge in [0.15, 0.2) is 0 Å². The number of carboxylic acids is 1. The Labute approximate surface area is 100 Å². The molecule has 1 aromatic rings. The second kappa shape index (κ2) is 6.01. The van der Waals surface area contributed by atoms with E-state index in [0.29, 0.717) is 12.6 Å². The van der Waals surface area contributed by atoms with E-state index in [4.69, 9.17) is 5.11 Å². The van der Waals surface area contributed by atoms with E-state index < -0.39 is 5.97 Å². The standard InChI is InChI=1S/C12H19NO2S/c1-8(12(14)15)7-13-9(2)6-11-5-4-10(3)16-11/h4-5,8-9,13H,6-7H2,1-3H3,(H,14,15). The second-order valence-electron chi connectivity index (χ2n) is 4.27. The molecular formula is C12H19NO2S. The van der Waals surface area contributed by atoms with Gasteiger partial charge in [-0.25, -0.2) is 0 Å². The van der Waals surface area contributed by atoms with E-state index in [2.05, 4.69) is 31.3 Å². The molecule has 0 aliphatic heterocycles. The summed E-state index contributed by atoms with van der Waals surface area (Å²) in [5.74, 6) is -1.07. The first-order valence-corrected chi connectivity index (χ1v) is 6.32. The lowest BCUT2D eigenvalue weighted by Gasteiger charge is -2.14. The van der Waals surface area contributed by atoms with Crippen LogP contribution in [0.25, 0.3) is 0 Å². The Morgan fingerprint density at radius 3 is 2.69 bits per heavy atom. The van der Waals surface area contributed by atoms with E-state index in [1.807, 2.05) is 0 Å². The van der Waals surface area contributed by atoms with Gasteiger partial charge in [-0.15, -0.1) is 11.3 Å². The molecule has 3 nitrogen and oxygen atoms in total. The number of hydrogen-bond acceptors (Lipinski definition) is 3. The number of nitrogens with one attached hydrogen (secondary N) is 1. The predicted molar refractivity (Wildman–Crippen MR) is 67.0 cm³/mol. The summed E-state index contributed by atoms with van der Waals surface area (Å²) in [6.45, 7) is 6.43. The maximum atomic E-state index is 10.6. The summed E-state index contributed by atoms with van der Waals surface area (Å²) in [5, 5.41) is 12.0. The summed E-state index contributed by atoms with van der Waals surface area (Å²) < 4.78 is 0. The van der Waals surface area contributed by atoms with Crippen LogP contribution in [0.2, 0.25) is 0 Å². The molecular weight excluding hydrogens is 222 g/mol. The van der Waals surface area contributed by atoms with Crippen molar-refractivity contribution in [3.8, 4) is 0 Å². The van der Waals surface area contributed by atoms with Gasteiger partial charge in [-0.3, -0.25) is 4.79 Å². The molecule has 0 aromatic carbocycles. The SMILES string of the molecule is Cc1ccc(CC(C)NCC(C)C(=O)O)s1. The quantitative estimate of drug-likeness (QED) is 0.803. The predicted octanol–water partition coefficient (Wildman–Crippen LogP) is 2.30. The van der Waals surface area contributed by atoms with Gasteiger partial charge in [0.2, 0.25) is 0 Å². The zero-order valence-electron chi connectivity index (χ0n) is 9.99. The first-order valence-electron chi connectivity index (χ1n) is 5.50. The Morgan fingerprint density at radius 1 is 1.50 bits per heavy atom. The molecule has 1 aromatic heterocycles. The third-order valence-electron chi connectivity index (χ3n) is 2.50. The van der Waals surface area contributed by atoms with E-state index in [-0.39, 0.29) is 5.92 Å². The van der Waals surface area contributed by atoms with Crippen molar-refractivity contribution in [2.45, 2.75) is 33.2 Å². The van der Waals surface area contributed by atoms with Crippen LogP contribution in [0, 0.1) is 12.8 Å². The van der Waals surface area contributed by atoms with Crippen LogP contribution >= 0.6 is 11.3 Å². The Bertz CT molecular complexity index is 349. The molecule has 1 heterocycles. The largest absolute Gasteiger partial charge is 0.481 e.